The molecule has 52 valence electrons. The van der Waals surface area contributed by atoms with E-state index in [1.54, 1.807) is 6.08 Å². The highest BCUT2D eigenvalue weighted by atomic mass is 16.1. The minimum Gasteiger partial charge on any atom is -0.295 e. The van der Waals surface area contributed by atoms with Crippen molar-refractivity contribution in [3.05, 3.63) is 18.2 Å². The molecule has 0 saturated carbocycles. The first kappa shape index (κ1) is 6.67. The van der Waals surface area contributed by atoms with Crippen molar-refractivity contribution in [3.8, 4) is 0 Å². The van der Waals surface area contributed by atoms with Gasteiger partial charge in [0.1, 0.15) is 12.2 Å². The van der Waals surface area contributed by atoms with Crippen LogP contribution in [-0.4, -0.2) is 21.0 Å². The number of aromatic nitrogens is 3. The fraction of sp³-hybridized carbons (Fsp3) is 0.167. The smallest absolute Gasteiger partial charge is 0.152 e. The van der Waals surface area contributed by atoms with Gasteiger partial charge in [0.05, 0.1) is 0 Å². The maximum absolute atomic E-state index is 10.4. The van der Waals surface area contributed by atoms with E-state index in [-0.39, 0.29) is 5.78 Å². The standard InChI is InChI=1S/C6H7N3O/c1-5(10)2-3-6-7-4-8-9-6/h2-4H,1H3,(H,7,8,9)/b3-2+. The molecule has 0 radical (unpaired) electrons. The van der Waals surface area contributed by atoms with Crippen LogP contribution in [0.5, 0.6) is 0 Å². The summed E-state index contributed by atoms with van der Waals surface area (Å²) in [5, 5.41) is 6.19. The molecular formula is C6H7N3O. The Morgan fingerprint density at radius 2 is 2.60 bits per heavy atom. The fourth-order valence-corrected chi connectivity index (χ4v) is 0.492. The van der Waals surface area contributed by atoms with E-state index in [1.807, 2.05) is 0 Å². The third-order valence-corrected chi connectivity index (χ3v) is 0.910. The molecule has 0 saturated heterocycles. The third kappa shape index (κ3) is 1.81. The first-order valence-corrected chi connectivity index (χ1v) is 2.83. The first-order valence-electron chi connectivity index (χ1n) is 2.83. The lowest BCUT2D eigenvalue weighted by Gasteiger charge is -1.78. The Hall–Kier alpha value is -1.45. The number of carbonyl (C=O) groups excluding carboxylic acids is 1. The van der Waals surface area contributed by atoms with Crippen LogP contribution in [-0.2, 0) is 4.79 Å². The minimum absolute atomic E-state index is 0.00333. The summed E-state index contributed by atoms with van der Waals surface area (Å²) in [4.78, 5) is 14.2. The average molecular weight is 137 g/mol. The van der Waals surface area contributed by atoms with E-state index < -0.39 is 0 Å². The van der Waals surface area contributed by atoms with Crippen LogP contribution >= 0.6 is 0 Å². The molecule has 0 aromatic carbocycles. The molecule has 4 nitrogen and oxygen atoms in total. The monoisotopic (exact) mass is 137 g/mol. The van der Waals surface area contributed by atoms with Gasteiger partial charge in [0.15, 0.2) is 5.78 Å². The van der Waals surface area contributed by atoms with Crippen LogP contribution in [0.1, 0.15) is 12.7 Å². The van der Waals surface area contributed by atoms with E-state index in [0.29, 0.717) is 5.82 Å². The Morgan fingerprint density at radius 3 is 3.10 bits per heavy atom. The van der Waals surface area contributed by atoms with Gasteiger partial charge in [0.2, 0.25) is 0 Å². The highest BCUT2D eigenvalue weighted by Gasteiger charge is 1.86. The van der Waals surface area contributed by atoms with Crippen LogP contribution < -0.4 is 0 Å². The van der Waals surface area contributed by atoms with Crippen molar-refractivity contribution in [1.82, 2.24) is 15.2 Å². The number of carbonyl (C=O) groups is 1. The van der Waals surface area contributed by atoms with E-state index in [1.165, 1.54) is 19.3 Å². The van der Waals surface area contributed by atoms with Gasteiger partial charge in [-0.05, 0) is 19.1 Å². The zero-order valence-electron chi connectivity index (χ0n) is 5.53. The molecule has 0 spiro atoms. The zero-order valence-corrected chi connectivity index (χ0v) is 5.53. The van der Waals surface area contributed by atoms with E-state index in [9.17, 15) is 4.79 Å². The predicted molar refractivity (Wildman–Crippen MR) is 36.1 cm³/mol. The predicted octanol–water partition coefficient (Wildman–Crippen LogP) is 0.407. The lowest BCUT2D eigenvalue weighted by molar-refractivity contribution is -0.112. The lowest BCUT2D eigenvalue weighted by atomic mass is 10.4. The molecule has 0 unspecified atom stereocenters. The summed E-state index contributed by atoms with van der Waals surface area (Å²) in [7, 11) is 0. The molecule has 0 aliphatic rings. The normalized spacial score (nSPS) is 10.5. The fourth-order valence-electron chi connectivity index (χ4n) is 0.492. The van der Waals surface area contributed by atoms with Crippen molar-refractivity contribution >= 4 is 11.9 Å². The van der Waals surface area contributed by atoms with Gasteiger partial charge in [-0.15, -0.1) is 0 Å². The van der Waals surface area contributed by atoms with Gasteiger partial charge >= 0.3 is 0 Å². The van der Waals surface area contributed by atoms with Gasteiger partial charge in [-0.25, -0.2) is 4.98 Å². The van der Waals surface area contributed by atoms with Gasteiger partial charge in [0, 0.05) is 0 Å². The molecule has 4 heteroatoms. The van der Waals surface area contributed by atoms with Crippen LogP contribution in [0.25, 0.3) is 6.08 Å². The van der Waals surface area contributed by atoms with E-state index in [2.05, 4.69) is 15.2 Å². The molecule has 10 heavy (non-hydrogen) atoms. The van der Waals surface area contributed by atoms with Crippen molar-refractivity contribution in [2.75, 3.05) is 0 Å². The van der Waals surface area contributed by atoms with Crippen LogP contribution in [0.3, 0.4) is 0 Å². The van der Waals surface area contributed by atoms with Crippen molar-refractivity contribution in [2.45, 2.75) is 6.92 Å². The maximum Gasteiger partial charge on any atom is 0.152 e. The van der Waals surface area contributed by atoms with Crippen LogP contribution in [0.15, 0.2) is 12.4 Å². The largest absolute Gasteiger partial charge is 0.295 e. The van der Waals surface area contributed by atoms with Crippen molar-refractivity contribution in [1.29, 1.82) is 0 Å². The third-order valence-electron chi connectivity index (χ3n) is 0.910. The molecular weight excluding hydrogens is 130 g/mol. The van der Waals surface area contributed by atoms with E-state index in [0.717, 1.165) is 0 Å². The molecule has 1 heterocycles. The highest BCUT2D eigenvalue weighted by Crippen LogP contribution is 1.88. The lowest BCUT2D eigenvalue weighted by Crippen LogP contribution is -1.81. The number of hydrogen-bond acceptors (Lipinski definition) is 3. The second-order valence-electron chi connectivity index (χ2n) is 1.81. The summed E-state index contributed by atoms with van der Waals surface area (Å²) < 4.78 is 0. The number of hydrogen-bond donors (Lipinski definition) is 1. The van der Waals surface area contributed by atoms with E-state index >= 15 is 0 Å². The average Bonchev–Trinajstić information content (AvgIpc) is 2.34. The van der Waals surface area contributed by atoms with Crippen LogP contribution in [0.4, 0.5) is 0 Å². The minimum atomic E-state index is -0.00333. The summed E-state index contributed by atoms with van der Waals surface area (Å²) in [6.07, 6.45) is 4.40. The molecule has 0 fully saturated rings. The van der Waals surface area contributed by atoms with Gasteiger partial charge in [0.25, 0.3) is 0 Å². The maximum atomic E-state index is 10.4. The Labute approximate surface area is 58.0 Å². The van der Waals surface area contributed by atoms with Gasteiger partial charge in [-0.2, -0.15) is 5.10 Å². The number of nitrogens with zero attached hydrogens (tertiary/aromatic N) is 2. The number of allylic oxidation sites excluding steroid dienone is 1. The Balaban J connectivity index is 2.64. The van der Waals surface area contributed by atoms with Crippen LogP contribution in [0.2, 0.25) is 0 Å². The summed E-state index contributed by atoms with van der Waals surface area (Å²) in [6.45, 7) is 1.48. The molecule has 1 N–H and O–H groups in total. The molecule has 1 aromatic rings. The molecule has 1 rings (SSSR count). The molecule has 0 atom stereocenters. The van der Waals surface area contributed by atoms with Crippen LogP contribution in [0, 0.1) is 0 Å². The molecule has 0 amide bonds. The number of rotatable bonds is 2. The zero-order chi connectivity index (χ0) is 7.40. The molecule has 1 aromatic heterocycles. The summed E-state index contributed by atoms with van der Waals surface area (Å²) in [6, 6.07) is 0. The quantitative estimate of drug-likeness (QED) is 0.600. The second kappa shape index (κ2) is 2.91. The van der Waals surface area contributed by atoms with Gasteiger partial charge < -0.3 is 0 Å². The summed E-state index contributed by atoms with van der Waals surface area (Å²) in [5.41, 5.74) is 0. The van der Waals surface area contributed by atoms with Gasteiger partial charge in [-0.3, -0.25) is 9.89 Å². The topological polar surface area (TPSA) is 58.6 Å². The van der Waals surface area contributed by atoms with Crippen molar-refractivity contribution in [3.63, 3.8) is 0 Å². The molecule has 0 aliphatic heterocycles. The molecule has 0 bridgehead atoms. The Kier molecular flexibility index (Phi) is 1.94. The summed E-state index contributed by atoms with van der Waals surface area (Å²) in [5.74, 6) is 0.589. The van der Waals surface area contributed by atoms with Gasteiger partial charge in [-0.1, -0.05) is 0 Å². The van der Waals surface area contributed by atoms with Crippen molar-refractivity contribution < 1.29 is 4.79 Å². The highest BCUT2D eigenvalue weighted by molar-refractivity contribution is 5.90. The summed E-state index contributed by atoms with van der Waals surface area (Å²) >= 11 is 0. The Bertz CT molecular complexity index is 238. The SMILES string of the molecule is CC(=O)/C=C/c1ncn[nH]1. The van der Waals surface area contributed by atoms with E-state index in [4.69, 9.17) is 0 Å². The molecule has 0 aliphatic carbocycles. The number of H-pyrrole nitrogens is 1. The number of ketones is 1. The Morgan fingerprint density at radius 1 is 1.80 bits per heavy atom. The second-order valence-corrected chi connectivity index (χ2v) is 1.81. The first-order chi connectivity index (χ1) is 4.79. The van der Waals surface area contributed by atoms with Crippen molar-refractivity contribution in [2.24, 2.45) is 0 Å². The number of aromatic amines is 1. The number of nitrogens with one attached hydrogen (secondary N) is 1.